The first-order valence-corrected chi connectivity index (χ1v) is 9.11. The summed E-state index contributed by atoms with van der Waals surface area (Å²) in [7, 11) is 0. The maximum atomic E-state index is 12.8. The summed E-state index contributed by atoms with van der Waals surface area (Å²) in [6.07, 6.45) is 8.68. The predicted octanol–water partition coefficient (Wildman–Crippen LogP) is 0.477. The van der Waals surface area contributed by atoms with Gasteiger partial charge >= 0.3 is 0 Å². The number of carbonyl (C=O) groups excluding carboxylic acids is 1. The van der Waals surface area contributed by atoms with Crippen molar-refractivity contribution in [2.75, 3.05) is 25.4 Å². The largest absolute Gasteiger partial charge is 0.397 e. The van der Waals surface area contributed by atoms with E-state index in [1.807, 2.05) is 12.3 Å². The highest BCUT2D eigenvalue weighted by Gasteiger charge is 2.56. The van der Waals surface area contributed by atoms with Crippen LogP contribution in [0.3, 0.4) is 0 Å². The standard InChI is InChI=1S/C18H26N6O/c19-14-10-21-6-3-12(14)17-18(13-4-7-22-11-15(13)20)5-1-2-16(25)24(18)9-8-23-17/h3,6-7,10,13,15,17,23H,1-2,4-5,8-9,11,19-20H2. The molecule has 134 valence electrons. The SMILES string of the molecule is Nc1cnccc1C1NCCN2C(=O)CCCC12C1CC=NCC1N. The molecule has 5 N–H and O–H groups in total. The monoisotopic (exact) mass is 342 g/mol. The van der Waals surface area contributed by atoms with E-state index >= 15 is 0 Å². The van der Waals surface area contributed by atoms with Gasteiger partial charge < -0.3 is 21.7 Å². The van der Waals surface area contributed by atoms with Crippen LogP contribution in [0.2, 0.25) is 0 Å². The smallest absolute Gasteiger partial charge is 0.223 e. The molecule has 4 heterocycles. The number of hydrogen-bond acceptors (Lipinski definition) is 6. The Labute approximate surface area is 147 Å². The van der Waals surface area contributed by atoms with Gasteiger partial charge in [0.1, 0.15) is 0 Å². The van der Waals surface area contributed by atoms with Gasteiger partial charge in [0.05, 0.1) is 30.0 Å². The van der Waals surface area contributed by atoms with Gasteiger partial charge in [-0.1, -0.05) is 0 Å². The molecule has 0 aliphatic carbocycles. The number of nitrogens with one attached hydrogen (secondary N) is 1. The second kappa shape index (κ2) is 6.38. The van der Waals surface area contributed by atoms with Crippen molar-refractivity contribution in [1.82, 2.24) is 15.2 Å². The molecule has 3 aliphatic heterocycles. The summed E-state index contributed by atoms with van der Waals surface area (Å²) in [5, 5.41) is 3.65. The molecule has 1 aromatic heterocycles. The summed E-state index contributed by atoms with van der Waals surface area (Å²) >= 11 is 0. The number of pyridine rings is 1. The molecule has 2 saturated heterocycles. The van der Waals surface area contributed by atoms with Gasteiger partial charge in [0.2, 0.25) is 5.91 Å². The van der Waals surface area contributed by atoms with Gasteiger partial charge in [-0.3, -0.25) is 14.8 Å². The number of piperidine rings is 1. The van der Waals surface area contributed by atoms with Crippen LogP contribution in [0.1, 0.15) is 37.3 Å². The molecule has 3 aliphatic rings. The van der Waals surface area contributed by atoms with Gasteiger partial charge in [-0.15, -0.1) is 0 Å². The number of nitrogens with zero attached hydrogens (tertiary/aromatic N) is 3. The van der Waals surface area contributed by atoms with Crippen molar-refractivity contribution in [3.8, 4) is 0 Å². The number of aromatic nitrogens is 1. The van der Waals surface area contributed by atoms with Crippen LogP contribution in [0.5, 0.6) is 0 Å². The summed E-state index contributed by atoms with van der Waals surface area (Å²) < 4.78 is 0. The second-order valence-electron chi connectivity index (χ2n) is 7.34. The number of rotatable bonds is 2. The molecule has 4 unspecified atom stereocenters. The predicted molar refractivity (Wildman–Crippen MR) is 97.1 cm³/mol. The molecule has 7 nitrogen and oxygen atoms in total. The van der Waals surface area contributed by atoms with Crippen LogP contribution < -0.4 is 16.8 Å². The average Bonchev–Trinajstić information content (AvgIpc) is 2.62. The number of hydrogen-bond donors (Lipinski definition) is 3. The zero-order chi connectivity index (χ0) is 17.4. The molecule has 0 bridgehead atoms. The topological polar surface area (TPSA) is 110 Å². The van der Waals surface area contributed by atoms with E-state index in [0.29, 0.717) is 18.7 Å². The minimum absolute atomic E-state index is 0.0314. The summed E-state index contributed by atoms with van der Waals surface area (Å²) in [5.41, 5.74) is 14.1. The van der Waals surface area contributed by atoms with Crippen LogP contribution in [-0.4, -0.2) is 53.2 Å². The molecule has 4 rings (SSSR count). The zero-order valence-electron chi connectivity index (χ0n) is 14.4. The number of fused-ring (bicyclic) bond motifs is 1. The van der Waals surface area contributed by atoms with Crippen molar-refractivity contribution < 1.29 is 4.79 Å². The molecule has 7 heteroatoms. The quantitative estimate of drug-likeness (QED) is 0.724. The lowest BCUT2D eigenvalue weighted by Crippen LogP contribution is -2.71. The number of amides is 1. The summed E-state index contributed by atoms with van der Waals surface area (Å²) in [5.74, 6) is 0.403. The lowest BCUT2D eigenvalue weighted by Gasteiger charge is -2.59. The summed E-state index contributed by atoms with van der Waals surface area (Å²) in [6.45, 7) is 2.10. The lowest BCUT2D eigenvalue weighted by molar-refractivity contribution is -0.153. The van der Waals surface area contributed by atoms with E-state index < -0.39 is 0 Å². The number of nitrogen functional groups attached to an aromatic ring is 1. The highest BCUT2D eigenvalue weighted by Crippen LogP contribution is 2.49. The van der Waals surface area contributed by atoms with Gasteiger partial charge in [-0.25, -0.2) is 0 Å². The highest BCUT2D eigenvalue weighted by atomic mass is 16.2. The minimum Gasteiger partial charge on any atom is -0.397 e. The molecule has 0 spiro atoms. The molecular weight excluding hydrogens is 316 g/mol. The van der Waals surface area contributed by atoms with Gasteiger partial charge in [0.15, 0.2) is 0 Å². The van der Waals surface area contributed by atoms with Gasteiger partial charge in [0.25, 0.3) is 0 Å². The van der Waals surface area contributed by atoms with Crippen LogP contribution in [0.25, 0.3) is 0 Å². The van der Waals surface area contributed by atoms with Crippen LogP contribution in [0.15, 0.2) is 23.5 Å². The Morgan fingerprint density at radius 3 is 3.08 bits per heavy atom. The van der Waals surface area contributed by atoms with E-state index in [4.69, 9.17) is 11.5 Å². The van der Waals surface area contributed by atoms with E-state index in [2.05, 4.69) is 20.2 Å². The fraction of sp³-hybridized carbons (Fsp3) is 0.611. The van der Waals surface area contributed by atoms with Crippen molar-refractivity contribution in [1.29, 1.82) is 0 Å². The molecule has 0 aromatic carbocycles. The first kappa shape index (κ1) is 16.5. The Kier molecular flexibility index (Phi) is 4.21. The van der Waals surface area contributed by atoms with Crippen LogP contribution in [0.4, 0.5) is 5.69 Å². The molecule has 1 aromatic rings. The Bertz CT molecular complexity index is 692. The molecular formula is C18H26N6O. The molecule has 25 heavy (non-hydrogen) atoms. The third-order valence-corrected chi connectivity index (χ3v) is 6.12. The van der Waals surface area contributed by atoms with Gasteiger partial charge in [0, 0.05) is 37.7 Å². The molecule has 0 radical (unpaired) electrons. The van der Waals surface area contributed by atoms with Crippen LogP contribution in [0, 0.1) is 5.92 Å². The van der Waals surface area contributed by atoms with Crippen molar-refractivity contribution in [3.05, 3.63) is 24.0 Å². The zero-order valence-corrected chi connectivity index (χ0v) is 14.4. The molecule has 1 amide bonds. The normalized spacial score (nSPS) is 35.5. The number of nitrogens with two attached hydrogens (primary N) is 2. The first-order valence-electron chi connectivity index (χ1n) is 9.11. The minimum atomic E-state index is -0.352. The molecule has 4 atom stereocenters. The van der Waals surface area contributed by atoms with Gasteiger partial charge in [-0.05, 0) is 37.1 Å². The number of aliphatic imine (C=N–C) groups is 1. The second-order valence-corrected chi connectivity index (χ2v) is 7.34. The maximum absolute atomic E-state index is 12.8. The highest BCUT2D eigenvalue weighted by molar-refractivity contribution is 5.79. The Balaban J connectivity index is 1.85. The van der Waals surface area contributed by atoms with E-state index in [1.165, 1.54) is 0 Å². The number of anilines is 1. The van der Waals surface area contributed by atoms with Crippen LogP contribution in [-0.2, 0) is 4.79 Å². The van der Waals surface area contributed by atoms with E-state index in [0.717, 1.165) is 37.9 Å². The number of piperazine rings is 1. The fourth-order valence-corrected chi connectivity index (χ4v) is 5.08. The fourth-order valence-electron chi connectivity index (χ4n) is 5.08. The third-order valence-electron chi connectivity index (χ3n) is 6.12. The molecule has 0 saturated carbocycles. The Morgan fingerprint density at radius 2 is 2.28 bits per heavy atom. The number of carbonyl (C=O) groups is 1. The lowest BCUT2D eigenvalue weighted by atomic mass is 9.64. The van der Waals surface area contributed by atoms with E-state index in [-0.39, 0.29) is 29.4 Å². The van der Waals surface area contributed by atoms with E-state index in [1.54, 1.807) is 12.4 Å². The van der Waals surface area contributed by atoms with Crippen molar-refractivity contribution in [2.24, 2.45) is 16.6 Å². The third kappa shape index (κ3) is 2.53. The first-order chi connectivity index (χ1) is 12.1. The van der Waals surface area contributed by atoms with Crippen molar-refractivity contribution in [2.45, 2.75) is 43.3 Å². The Hall–Kier alpha value is -1.99. The Morgan fingerprint density at radius 1 is 1.40 bits per heavy atom. The van der Waals surface area contributed by atoms with Crippen molar-refractivity contribution >= 4 is 17.8 Å². The maximum Gasteiger partial charge on any atom is 0.223 e. The van der Waals surface area contributed by atoms with E-state index in [9.17, 15) is 4.79 Å². The summed E-state index contributed by atoms with van der Waals surface area (Å²) in [4.78, 5) is 23.4. The van der Waals surface area contributed by atoms with Gasteiger partial charge in [-0.2, -0.15) is 0 Å². The molecule has 2 fully saturated rings. The van der Waals surface area contributed by atoms with Crippen molar-refractivity contribution in [3.63, 3.8) is 0 Å². The van der Waals surface area contributed by atoms with Crippen LogP contribution >= 0.6 is 0 Å². The average molecular weight is 342 g/mol. The summed E-state index contributed by atoms with van der Waals surface area (Å²) in [6, 6.07) is 1.89.